The van der Waals surface area contributed by atoms with Crippen LogP contribution < -0.4 is 0 Å². The molecule has 0 aliphatic rings. The van der Waals surface area contributed by atoms with E-state index in [9.17, 15) is 13.2 Å². The van der Waals surface area contributed by atoms with Gasteiger partial charge in [0.05, 0.1) is 5.56 Å². The molecule has 0 aliphatic carbocycles. The summed E-state index contributed by atoms with van der Waals surface area (Å²) in [6.45, 7) is 0. The zero-order chi connectivity index (χ0) is 15.7. The molecule has 2 nitrogen and oxygen atoms in total. The zero-order valence-corrected chi connectivity index (χ0v) is 12.0. The molecule has 0 aliphatic heterocycles. The minimum Gasteiger partial charge on any atom is -0.431 e. The number of aromatic nitrogens is 1. The number of benzene rings is 2. The molecular formula is C16H10F3NOS. The number of oxazole rings is 1. The van der Waals surface area contributed by atoms with Gasteiger partial charge in [0, 0.05) is 11.1 Å². The van der Waals surface area contributed by atoms with E-state index < -0.39 is 11.7 Å². The van der Waals surface area contributed by atoms with Crippen molar-refractivity contribution in [2.75, 3.05) is 0 Å². The quantitative estimate of drug-likeness (QED) is 0.647. The number of rotatable bonds is 2. The summed E-state index contributed by atoms with van der Waals surface area (Å²) in [6.07, 6.45) is -4.36. The lowest BCUT2D eigenvalue weighted by Crippen LogP contribution is -2.03. The van der Waals surface area contributed by atoms with Gasteiger partial charge in [0.2, 0.25) is 0 Å². The molecule has 0 fully saturated rings. The standard InChI is InChI=1S/C16H10F3NOS/c17-16(18,19)12-8-6-11(7-9-12)14-13(20-15(22)21-14)10-4-2-1-3-5-10/h1-9H,(H,20,22). The highest BCUT2D eigenvalue weighted by molar-refractivity contribution is 7.80. The van der Waals surface area contributed by atoms with Crippen molar-refractivity contribution >= 4 is 12.6 Å². The highest BCUT2D eigenvalue weighted by atomic mass is 32.1. The lowest BCUT2D eigenvalue weighted by atomic mass is 10.0. The molecule has 0 saturated heterocycles. The Bertz CT molecular complexity index is 779. The molecule has 0 radical (unpaired) electrons. The number of hydrogen-bond acceptors (Lipinski definition) is 3. The molecule has 6 heteroatoms. The first kappa shape index (κ1) is 14.7. The number of thiol groups is 1. The molecule has 112 valence electrons. The summed E-state index contributed by atoms with van der Waals surface area (Å²) in [7, 11) is 0. The maximum atomic E-state index is 12.6. The van der Waals surface area contributed by atoms with E-state index in [1.807, 2.05) is 30.3 Å². The minimum absolute atomic E-state index is 0.161. The van der Waals surface area contributed by atoms with E-state index in [2.05, 4.69) is 17.6 Å². The second kappa shape index (κ2) is 5.53. The normalized spacial score (nSPS) is 11.6. The Morgan fingerprint density at radius 3 is 2.09 bits per heavy atom. The molecule has 0 unspecified atom stereocenters. The molecule has 2 aromatic carbocycles. The fraction of sp³-hybridized carbons (Fsp3) is 0.0625. The molecule has 3 rings (SSSR count). The van der Waals surface area contributed by atoms with E-state index in [-0.39, 0.29) is 5.22 Å². The predicted molar refractivity (Wildman–Crippen MR) is 79.6 cm³/mol. The summed E-state index contributed by atoms with van der Waals surface area (Å²) < 4.78 is 43.3. The Kier molecular flexibility index (Phi) is 3.70. The Balaban J connectivity index is 2.06. The summed E-state index contributed by atoms with van der Waals surface area (Å²) in [5, 5.41) is 0.161. The van der Waals surface area contributed by atoms with Gasteiger partial charge in [0.15, 0.2) is 5.76 Å². The minimum atomic E-state index is -4.36. The lowest BCUT2D eigenvalue weighted by molar-refractivity contribution is -0.137. The van der Waals surface area contributed by atoms with Gasteiger partial charge in [-0.05, 0) is 12.1 Å². The van der Waals surface area contributed by atoms with Crippen LogP contribution in [0.25, 0.3) is 22.6 Å². The molecule has 0 amide bonds. The van der Waals surface area contributed by atoms with Crippen molar-refractivity contribution in [1.82, 2.24) is 4.98 Å². The van der Waals surface area contributed by atoms with Gasteiger partial charge < -0.3 is 4.42 Å². The van der Waals surface area contributed by atoms with Crippen molar-refractivity contribution in [2.24, 2.45) is 0 Å². The predicted octanol–water partition coefficient (Wildman–Crippen LogP) is 5.32. The van der Waals surface area contributed by atoms with Crippen LogP contribution in [-0.4, -0.2) is 4.98 Å². The summed E-state index contributed by atoms with van der Waals surface area (Å²) in [5.74, 6) is 0.393. The van der Waals surface area contributed by atoms with Gasteiger partial charge in [0.1, 0.15) is 5.69 Å². The monoisotopic (exact) mass is 321 g/mol. The average Bonchev–Trinajstić information content (AvgIpc) is 2.89. The second-order valence-electron chi connectivity index (χ2n) is 4.62. The number of alkyl halides is 3. The first-order chi connectivity index (χ1) is 10.4. The smallest absolute Gasteiger partial charge is 0.416 e. The third-order valence-corrected chi connectivity index (χ3v) is 3.33. The van der Waals surface area contributed by atoms with E-state index >= 15 is 0 Å². The fourth-order valence-electron chi connectivity index (χ4n) is 2.11. The van der Waals surface area contributed by atoms with Gasteiger partial charge in [-0.15, -0.1) is 0 Å². The van der Waals surface area contributed by atoms with E-state index in [1.54, 1.807) is 0 Å². The third kappa shape index (κ3) is 2.87. The van der Waals surface area contributed by atoms with Crippen molar-refractivity contribution in [2.45, 2.75) is 11.4 Å². The number of hydrogen-bond donors (Lipinski definition) is 1. The second-order valence-corrected chi connectivity index (χ2v) is 5.00. The molecule has 0 bridgehead atoms. The van der Waals surface area contributed by atoms with Crippen molar-refractivity contribution in [3.05, 3.63) is 60.2 Å². The average molecular weight is 321 g/mol. The summed E-state index contributed by atoms with van der Waals surface area (Å²) >= 11 is 4.08. The number of halogens is 3. The van der Waals surface area contributed by atoms with E-state index in [1.165, 1.54) is 12.1 Å². The maximum absolute atomic E-state index is 12.6. The van der Waals surface area contributed by atoms with Crippen LogP contribution in [-0.2, 0) is 6.18 Å². The zero-order valence-electron chi connectivity index (χ0n) is 11.1. The van der Waals surface area contributed by atoms with Crippen LogP contribution >= 0.6 is 12.6 Å². The lowest BCUT2D eigenvalue weighted by Gasteiger charge is -2.07. The van der Waals surface area contributed by atoms with Gasteiger partial charge in [-0.25, -0.2) is 4.98 Å². The maximum Gasteiger partial charge on any atom is 0.416 e. The van der Waals surface area contributed by atoms with Gasteiger partial charge >= 0.3 is 6.18 Å². The van der Waals surface area contributed by atoms with Crippen molar-refractivity contribution in [3.8, 4) is 22.6 Å². The van der Waals surface area contributed by atoms with Crippen molar-refractivity contribution < 1.29 is 17.6 Å². The van der Waals surface area contributed by atoms with Crippen LogP contribution in [0, 0.1) is 0 Å². The fourth-order valence-corrected chi connectivity index (χ4v) is 2.30. The van der Waals surface area contributed by atoms with Crippen LogP contribution in [0.15, 0.2) is 64.2 Å². The molecule has 22 heavy (non-hydrogen) atoms. The molecule has 3 aromatic rings. The summed E-state index contributed by atoms with van der Waals surface area (Å²) in [6, 6.07) is 14.0. The molecular weight excluding hydrogens is 311 g/mol. The van der Waals surface area contributed by atoms with E-state index in [0.29, 0.717) is 17.0 Å². The van der Waals surface area contributed by atoms with Crippen LogP contribution in [0.5, 0.6) is 0 Å². The molecule has 0 N–H and O–H groups in total. The highest BCUT2D eigenvalue weighted by Gasteiger charge is 2.30. The van der Waals surface area contributed by atoms with Gasteiger partial charge in [-0.3, -0.25) is 0 Å². The summed E-state index contributed by atoms with van der Waals surface area (Å²) in [4.78, 5) is 4.20. The Hall–Kier alpha value is -2.21. The van der Waals surface area contributed by atoms with Crippen LogP contribution in [0.3, 0.4) is 0 Å². The molecule has 0 atom stereocenters. The van der Waals surface area contributed by atoms with E-state index in [0.717, 1.165) is 17.7 Å². The largest absolute Gasteiger partial charge is 0.431 e. The Morgan fingerprint density at radius 1 is 0.864 bits per heavy atom. The van der Waals surface area contributed by atoms with Crippen LogP contribution in [0.1, 0.15) is 5.56 Å². The van der Waals surface area contributed by atoms with Gasteiger partial charge in [0.25, 0.3) is 5.22 Å². The van der Waals surface area contributed by atoms with Crippen LogP contribution in [0.4, 0.5) is 13.2 Å². The first-order valence-electron chi connectivity index (χ1n) is 6.38. The molecule has 0 spiro atoms. The highest BCUT2D eigenvalue weighted by Crippen LogP contribution is 2.35. The molecule has 1 heterocycles. The van der Waals surface area contributed by atoms with Gasteiger partial charge in [-0.1, -0.05) is 55.1 Å². The Morgan fingerprint density at radius 2 is 1.50 bits per heavy atom. The SMILES string of the molecule is FC(F)(F)c1ccc(-c2oc(S)nc2-c2ccccc2)cc1. The van der Waals surface area contributed by atoms with E-state index in [4.69, 9.17) is 4.42 Å². The van der Waals surface area contributed by atoms with Crippen molar-refractivity contribution in [3.63, 3.8) is 0 Å². The van der Waals surface area contributed by atoms with Gasteiger partial charge in [-0.2, -0.15) is 13.2 Å². The number of nitrogens with zero attached hydrogens (tertiary/aromatic N) is 1. The Labute approximate surface area is 130 Å². The molecule has 0 saturated carbocycles. The topological polar surface area (TPSA) is 26.0 Å². The summed E-state index contributed by atoms with van der Waals surface area (Å²) in [5.41, 5.74) is 1.16. The van der Waals surface area contributed by atoms with Crippen LogP contribution in [0.2, 0.25) is 0 Å². The molecule has 1 aromatic heterocycles. The van der Waals surface area contributed by atoms with Crippen molar-refractivity contribution in [1.29, 1.82) is 0 Å². The first-order valence-corrected chi connectivity index (χ1v) is 6.83. The third-order valence-electron chi connectivity index (χ3n) is 3.14.